The first-order valence-electron chi connectivity index (χ1n) is 12.3. The maximum Gasteiger partial charge on any atom is 0.193 e. The third-order valence-corrected chi connectivity index (χ3v) is 10.2. The number of aromatic nitrogens is 4. The Morgan fingerprint density at radius 2 is 1.17 bits per heavy atom. The maximum absolute atomic E-state index is 14.3. The quantitative estimate of drug-likeness (QED) is 0.199. The first kappa shape index (κ1) is 37.2. The Morgan fingerprint density at radius 3 is 1.54 bits per heavy atom. The molecule has 0 aliphatic heterocycles. The Hall–Kier alpha value is -3.31. The number of rotatable bonds is 8. The molecule has 0 fully saturated rings. The van der Waals surface area contributed by atoms with Gasteiger partial charge in [0.25, 0.3) is 0 Å². The van der Waals surface area contributed by atoms with E-state index in [0.717, 1.165) is 34.0 Å². The number of terminal acetylenes is 2. The van der Waals surface area contributed by atoms with Crippen molar-refractivity contribution in [1.82, 2.24) is 19.6 Å². The highest BCUT2D eigenvalue weighted by molar-refractivity contribution is 9.10. The van der Waals surface area contributed by atoms with Gasteiger partial charge in [0.1, 0.15) is 52.8 Å². The molecule has 2 aromatic carbocycles. The summed E-state index contributed by atoms with van der Waals surface area (Å²) in [6.07, 6.45) is 12.2. The second-order valence-corrected chi connectivity index (χ2v) is 15.1. The molecule has 2 heterocycles. The van der Waals surface area contributed by atoms with Crippen molar-refractivity contribution in [1.29, 1.82) is 0 Å². The molecule has 0 aliphatic rings. The summed E-state index contributed by atoms with van der Waals surface area (Å²) in [5.41, 5.74) is 0.0812. The van der Waals surface area contributed by atoms with Gasteiger partial charge in [-0.25, -0.2) is 25.6 Å². The zero-order chi connectivity index (χ0) is 34.7. The van der Waals surface area contributed by atoms with Gasteiger partial charge < -0.3 is 9.47 Å². The summed E-state index contributed by atoms with van der Waals surface area (Å²) in [4.78, 5) is 0. The number of hydrogen-bond acceptors (Lipinski definition) is 8. The molecular weight excluding hydrogens is 777 g/mol. The number of sulfone groups is 2. The van der Waals surface area contributed by atoms with Gasteiger partial charge in [-0.1, -0.05) is 46.6 Å². The van der Waals surface area contributed by atoms with Gasteiger partial charge in [-0.2, -0.15) is 10.2 Å². The summed E-state index contributed by atoms with van der Waals surface area (Å²) in [7, 11) is -4.33. The van der Waals surface area contributed by atoms with Crippen molar-refractivity contribution in [2.24, 2.45) is 14.1 Å². The van der Waals surface area contributed by atoms with Gasteiger partial charge in [-0.05, 0) is 40.2 Å². The van der Waals surface area contributed by atoms with Crippen molar-refractivity contribution < 1.29 is 35.1 Å². The molecule has 244 valence electrons. The first-order valence-corrected chi connectivity index (χ1v) is 18.0. The van der Waals surface area contributed by atoms with Crippen molar-refractivity contribution >= 4 is 70.4 Å². The van der Waals surface area contributed by atoms with E-state index in [4.69, 9.17) is 57.1 Å². The van der Waals surface area contributed by atoms with Crippen molar-refractivity contribution in [3.8, 4) is 58.7 Å². The molecule has 4 rings (SSSR count). The van der Waals surface area contributed by atoms with E-state index in [0.29, 0.717) is 0 Å². The Labute approximate surface area is 287 Å². The predicted octanol–water partition coefficient (Wildman–Crippen LogP) is 6.01. The van der Waals surface area contributed by atoms with Crippen LogP contribution in [0.1, 0.15) is 0 Å². The van der Waals surface area contributed by atoms with Crippen molar-refractivity contribution in [3.05, 3.63) is 55.4 Å². The summed E-state index contributed by atoms with van der Waals surface area (Å²) in [6, 6.07) is 4.68. The summed E-state index contributed by atoms with van der Waals surface area (Å²) >= 11 is 21.0. The van der Waals surface area contributed by atoms with Crippen molar-refractivity contribution in [2.45, 2.75) is 10.1 Å². The Bertz CT molecular complexity index is 1990. The molecule has 2 aromatic heterocycles. The molecule has 0 unspecified atom stereocenters. The SMILES string of the molecule is C#CCOc1cc(-c2nn(C)c(S(C)(=O)=O)c2Br)c(F)cc1Cl.C#CCOc1cc(-c2nn(C)c(S(C)(=O)=O)c2Cl)c(F)cc1Cl. The Morgan fingerprint density at radius 1 is 0.783 bits per heavy atom. The van der Waals surface area contributed by atoms with Gasteiger partial charge in [-0.3, -0.25) is 9.36 Å². The topological polar surface area (TPSA) is 122 Å². The predicted molar refractivity (Wildman–Crippen MR) is 175 cm³/mol. The number of benzene rings is 2. The number of halogens is 6. The summed E-state index contributed by atoms with van der Waals surface area (Å²) in [5, 5.41) is 7.68. The van der Waals surface area contributed by atoms with Crippen LogP contribution in [0, 0.1) is 36.3 Å². The van der Waals surface area contributed by atoms with Crippen LogP contribution in [0.2, 0.25) is 15.1 Å². The van der Waals surface area contributed by atoms with E-state index in [1.54, 1.807) is 0 Å². The van der Waals surface area contributed by atoms with E-state index in [-0.39, 0.29) is 76.8 Å². The van der Waals surface area contributed by atoms with Gasteiger partial charge in [0.15, 0.2) is 29.7 Å². The van der Waals surface area contributed by atoms with Crippen LogP contribution >= 0.6 is 50.7 Å². The fourth-order valence-electron chi connectivity index (χ4n) is 4.00. The van der Waals surface area contributed by atoms with Crippen LogP contribution in [-0.4, -0.2) is 62.1 Å². The first-order chi connectivity index (χ1) is 21.3. The fraction of sp³-hybridized carbons (Fsp3) is 0.214. The number of nitrogens with zero attached hydrogens (tertiary/aromatic N) is 4. The highest BCUT2D eigenvalue weighted by Crippen LogP contribution is 2.39. The van der Waals surface area contributed by atoms with Crippen LogP contribution in [0.15, 0.2) is 38.8 Å². The Balaban J connectivity index is 0.000000250. The van der Waals surface area contributed by atoms with Gasteiger partial charge >= 0.3 is 0 Å². The standard InChI is InChI=1S/C14H11BrClFN2O3S.C14H11Cl2FN2O3S/c1-4-5-22-11-6-8(10(17)7-9(11)16)13-12(15)14(19(2)18-13)23(3,20)21;1-4-5-22-11-6-8(10(17)7-9(11)15)13-12(16)14(19(2)18-13)23(3,20)21/h2*1,6-7H,5H2,2-3H3. The molecule has 0 spiro atoms. The molecule has 46 heavy (non-hydrogen) atoms. The lowest BCUT2D eigenvalue weighted by Gasteiger charge is -2.08. The molecule has 0 aliphatic carbocycles. The van der Waals surface area contributed by atoms with E-state index >= 15 is 0 Å². The molecule has 0 saturated carbocycles. The van der Waals surface area contributed by atoms with Crippen LogP contribution in [-0.2, 0) is 33.8 Å². The zero-order valence-corrected chi connectivity index (χ0v) is 29.7. The second kappa shape index (κ2) is 14.6. The van der Waals surface area contributed by atoms with E-state index in [2.05, 4.69) is 38.0 Å². The number of ether oxygens (including phenoxy) is 2. The Kier molecular flexibility index (Phi) is 11.8. The maximum atomic E-state index is 14.3. The van der Waals surface area contributed by atoms with E-state index in [1.165, 1.54) is 26.2 Å². The lowest BCUT2D eigenvalue weighted by Crippen LogP contribution is -2.05. The smallest absolute Gasteiger partial charge is 0.193 e. The minimum Gasteiger partial charge on any atom is -0.479 e. The largest absolute Gasteiger partial charge is 0.479 e. The van der Waals surface area contributed by atoms with Gasteiger partial charge in [-0.15, -0.1) is 12.8 Å². The summed E-state index contributed by atoms with van der Waals surface area (Å²) in [6.45, 7) is -0.0991. The van der Waals surface area contributed by atoms with Crippen molar-refractivity contribution in [3.63, 3.8) is 0 Å². The molecule has 0 atom stereocenters. The monoisotopic (exact) mass is 796 g/mol. The van der Waals surface area contributed by atoms with Crippen LogP contribution in [0.3, 0.4) is 0 Å². The lowest BCUT2D eigenvalue weighted by atomic mass is 10.1. The fourth-order valence-corrected chi connectivity index (χ4v) is 8.41. The van der Waals surface area contributed by atoms with E-state index in [9.17, 15) is 25.6 Å². The molecule has 0 N–H and O–H groups in total. The molecule has 10 nitrogen and oxygen atoms in total. The van der Waals surface area contributed by atoms with Crippen LogP contribution in [0.4, 0.5) is 8.78 Å². The van der Waals surface area contributed by atoms with E-state index in [1.807, 2.05) is 0 Å². The van der Waals surface area contributed by atoms with E-state index < -0.39 is 31.3 Å². The molecule has 4 aromatic rings. The summed E-state index contributed by atoms with van der Waals surface area (Å²) in [5.74, 6) is 3.48. The summed E-state index contributed by atoms with van der Waals surface area (Å²) < 4.78 is 88.5. The van der Waals surface area contributed by atoms with Crippen LogP contribution in [0.25, 0.3) is 22.5 Å². The number of aryl methyl sites for hydroxylation is 2. The lowest BCUT2D eigenvalue weighted by molar-refractivity contribution is 0.370. The molecule has 0 radical (unpaired) electrons. The minimum atomic E-state index is -3.63. The molecular formula is C28H22BrCl3F2N4O6S2. The molecule has 0 saturated heterocycles. The average Bonchev–Trinajstić information content (AvgIpc) is 3.41. The normalized spacial score (nSPS) is 11.3. The molecule has 18 heteroatoms. The third-order valence-electron chi connectivity index (χ3n) is 5.76. The number of hydrogen-bond donors (Lipinski definition) is 0. The highest BCUT2D eigenvalue weighted by atomic mass is 79.9. The minimum absolute atomic E-state index is 0.0249. The zero-order valence-electron chi connectivity index (χ0n) is 24.2. The van der Waals surface area contributed by atoms with Gasteiger partial charge in [0, 0.05) is 37.7 Å². The van der Waals surface area contributed by atoms with Crippen molar-refractivity contribution in [2.75, 3.05) is 25.7 Å². The van der Waals surface area contributed by atoms with Gasteiger partial charge in [0.05, 0.1) is 14.5 Å². The second-order valence-electron chi connectivity index (χ2n) is 9.24. The van der Waals surface area contributed by atoms with Crippen LogP contribution in [0.5, 0.6) is 11.5 Å². The highest BCUT2D eigenvalue weighted by Gasteiger charge is 2.27. The average molecular weight is 799 g/mol. The molecule has 0 amide bonds. The third kappa shape index (κ3) is 8.15. The molecule has 0 bridgehead atoms. The van der Waals surface area contributed by atoms with Gasteiger partial charge in [0.2, 0.25) is 0 Å². The van der Waals surface area contributed by atoms with Crippen LogP contribution < -0.4 is 9.47 Å².